The molecule has 1 amide bonds. The van der Waals surface area contributed by atoms with Crippen LogP contribution in [-0.2, 0) is 28.6 Å². The lowest BCUT2D eigenvalue weighted by molar-refractivity contribution is -0.160. The second-order valence-electron chi connectivity index (χ2n) is 14.4. The van der Waals surface area contributed by atoms with E-state index in [0.717, 1.165) is 6.21 Å². The molecule has 304 valence electrons. The first kappa shape index (κ1) is 43.3. The van der Waals surface area contributed by atoms with Gasteiger partial charge in [-0.25, -0.2) is 0 Å². The second-order valence-corrected chi connectivity index (χ2v) is 14.4. The van der Waals surface area contributed by atoms with E-state index in [-0.39, 0.29) is 51.1 Å². The number of amides is 1. The molecule has 2 aromatic rings. The average molecular weight is 781 g/mol. The van der Waals surface area contributed by atoms with Crippen LogP contribution in [0.15, 0.2) is 53.9 Å². The first-order chi connectivity index (χ1) is 26.3. The molecule has 0 spiro atoms. The first-order valence-electron chi connectivity index (χ1n) is 18.2. The van der Waals surface area contributed by atoms with E-state index in [1.165, 1.54) is 59.3 Å². The van der Waals surface area contributed by atoms with Gasteiger partial charge in [0.05, 0.1) is 53.0 Å². The van der Waals surface area contributed by atoms with Gasteiger partial charge in [-0.15, -0.1) is 0 Å². The van der Waals surface area contributed by atoms with Gasteiger partial charge >= 0.3 is 11.8 Å². The molecule has 0 radical (unpaired) electrons. The lowest BCUT2D eigenvalue weighted by atomic mass is 9.78. The Balaban J connectivity index is 1.97. The van der Waals surface area contributed by atoms with Crippen molar-refractivity contribution < 1.29 is 63.7 Å². The number of allylic oxidation sites excluding steroid dienone is 2. The molecule has 0 fully saturated rings. The summed E-state index contributed by atoms with van der Waals surface area (Å²) in [5.74, 6) is -8.73. The van der Waals surface area contributed by atoms with E-state index in [9.17, 15) is 39.9 Å². The van der Waals surface area contributed by atoms with Gasteiger partial charge in [-0.3, -0.25) is 14.4 Å². The zero-order chi connectivity index (χ0) is 41.8. The zero-order valence-electron chi connectivity index (χ0n) is 33.0. The lowest BCUT2D eigenvalue weighted by Gasteiger charge is -2.38. The maximum atomic E-state index is 14.3. The number of phenols is 3. The fourth-order valence-electron chi connectivity index (χ4n) is 7.06. The highest BCUT2D eigenvalue weighted by Gasteiger charge is 2.50. The number of nitrogens with zero attached hydrogens (tertiary/aromatic N) is 1. The minimum absolute atomic E-state index is 0.0192. The molecule has 2 aromatic carbocycles. The number of methoxy groups -OCH3 is 1. The highest BCUT2D eigenvalue weighted by atomic mass is 16.7. The zero-order valence-corrected chi connectivity index (χ0v) is 33.0. The Morgan fingerprint density at radius 2 is 1.68 bits per heavy atom. The predicted molar refractivity (Wildman–Crippen MR) is 208 cm³/mol. The van der Waals surface area contributed by atoms with Crippen LogP contribution in [0.1, 0.15) is 70.0 Å². The number of anilines is 1. The number of esters is 1. The molecule has 0 saturated heterocycles. The number of benzene rings is 2. The molecule has 9 atom stereocenters. The third-order valence-corrected chi connectivity index (χ3v) is 10.5. The molecule has 0 unspecified atom stereocenters. The van der Waals surface area contributed by atoms with Gasteiger partial charge in [0.25, 0.3) is 11.7 Å². The molecule has 0 aliphatic carbocycles. The minimum Gasteiger partial charge on any atom is -0.507 e. The summed E-state index contributed by atoms with van der Waals surface area (Å²) in [5.41, 5.74) is -0.691. The lowest BCUT2D eigenvalue weighted by Crippen LogP contribution is -2.46. The molecule has 3 aliphatic rings. The Labute approximate surface area is 325 Å². The number of oxime groups is 1. The van der Waals surface area contributed by atoms with Crippen molar-refractivity contribution in [3.63, 3.8) is 0 Å². The van der Waals surface area contributed by atoms with Gasteiger partial charge in [0.1, 0.15) is 30.0 Å². The van der Waals surface area contributed by atoms with Gasteiger partial charge in [-0.1, -0.05) is 63.7 Å². The molecule has 15 nitrogen and oxygen atoms in total. The van der Waals surface area contributed by atoms with Crippen LogP contribution in [0, 0.1) is 30.6 Å². The number of fused-ring (bicyclic) bond motifs is 14. The van der Waals surface area contributed by atoms with Crippen LogP contribution >= 0.6 is 0 Å². The molecule has 5 bridgehead atoms. The number of aliphatic hydroxyl groups excluding tert-OH is 2. The Morgan fingerprint density at radius 1 is 1.00 bits per heavy atom. The van der Waals surface area contributed by atoms with E-state index < -0.39 is 88.8 Å². The van der Waals surface area contributed by atoms with Crippen LogP contribution in [0.5, 0.6) is 23.0 Å². The molecular weight excluding hydrogens is 728 g/mol. The number of carbonyl (C=O) groups is 3. The maximum absolute atomic E-state index is 14.3. The molecule has 15 heteroatoms. The maximum Gasteiger partial charge on any atom is 0.312 e. The van der Waals surface area contributed by atoms with Crippen molar-refractivity contribution >= 4 is 40.3 Å². The van der Waals surface area contributed by atoms with Crippen molar-refractivity contribution in [2.75, 3.05) is 19.0 Å². The van der Waals surface area contributed by atoms with Gasteiger partial charge < -0.3 is 54.6 Å². The van der Waals surface area contributed by atoms with Crippen LogP contribution in [0.25, 0.3) is 10.8 Å². The number of ketones is 1. The third kappa shape index (κ3) is 8.39. The van der Waals surface area contributed by atoms with Crippen LogP contribution < -0.4 is 10.1 Å². The predicted octanol–water partition coefficient (Wildman–Crippen LogP) is 5.29. The SMILES string of the molecule is C=CCO/N=C/c1c2c(O)c3c(O)c(C)c4c(c3c1O)C(=O)[C@@](C)(O/C=C/[C@H](OC)[C@@H](C)[C@@H](OC(C)=O)[C@H](C)[C@H](O)[C@H](C)[C@@H](O)[C@@H](C)/C=C/C=C(/C)C(=O)N2)O4. The highest BCUT2D eigenvalue weighted by molar-refractivity contribution is 6.23. The topological polar surface area (TPSA) is 223 Å². The smallest absolute Gasteiger partial charge is 0.312 e. The summed E-state index contributed by atoms with van der Waals surface area (Å²) in [6, 6.07) is 0. The van der Waals surface area contributed by atoms with Crippen molar-refractivity contribution in [2.45, 2.75) is 85.6 Å². The number of aromatic hydroxyl groups is 3. The van der Waals surface area contributed by atoms with Crippen molar-refractivity contribution in [3.05, 3.63) is 65.5 Å². The fraction of sp³-hybridized carbons (Fsp3) is 0.463. The largest absolute Gasteiger partial charge is 0.507 e. The van der Waals surface area contributed by atoms with Crippen LogP contribution in [0.4, 0.5) is 5.69 Å². The normalized spacial score (nSPS) is 30.9. The van der Waals surface area contributed by atoms with Gasteiger partial charge in [0.15, 0.2) is 5.75 Å². The molecule has 3 aliphatic heterocycles. The average Bonchev–Trinajstić information content (AvgIpc) is 3.42. The number of carbonyl (C=O) groups excluding carboxylic acids is 3. The number of nitrogens with one attached hydrogen (secondary N) is 1. The van der Waals surface area contributed by atoms with Crippen molar-refractivity contribution in [2.24, 2.45) is 28.8 Å². The molecule has 3 heterocycles. The van der Waals surface area contributed by atoms with Gasteiger partial charge in [0, 0.05) is 61.2 Å². The number of phenolic OH excluding ortho intramolecular Hbond substituents is 3. The van der Waals surface area contributed by atoms with E-state index in [2.05, 4.69) is 17.1 Å². The van der Waals surface area contributed by atoms with E-state index >= 15 is 0 Å². The molecule has 6 N–H and O–H groups in total. The molecule has 56 heavy (non-hydrogen) atoms. The van der Waals surface area contributed by atoms with Crippen LogP contribution in [-0.4, -0.2) is 93.3 Å². The Morgan fingerprint density at radius 3 is 2.30 bits per heavy atom. The van der Waals surface area contributed by atoms with E-state index in [0.29, 0.717) is 0 Å². The number of aliphatic hydroxyl groups is 2. The number of hydrogen-bond acceptors (Lipinski definition) is 14. The number of rotatable bonds is 6. The summed E-state index contributed by atoms with van der Waals surface area (Å²) in [5, 5.41) is 63.4. The quantitative estimate of drug-likeness (QED) is 0.0418. The number of ether oxygens (including phenoxy) is 4. The van der Waals surface area contributed by atoms with Crippen LogP contribution in [0.3, 0.4) is 0 Å². The Hall–Kier alpha value is -5.38. The summed E-state index contributed by atoms with van der Waals surface area (Å²) in [4.78, 5) is 45.2. The number of hydrogen-bond donors (Lipinski definition) is 6. The van der Waals surface area contributed by atoms with Crippen molar-refractivity contribution in [1.82, 2.24) is 0 Å². The fourth-order valence-corrected chi connectivity index (χ4v) is 7.06. The summed E-state index contributed by atoms with van der Waals surface area (Å²) >= 11 is 0. The van der Waals surface area contributed by atoms with E-state index in [1.807, 2.05) is 0 Å². The third-order valence-electron chi connectivity index (χ3n) is 10.5. The van der Waals surface area contributed by atoms with Gasteiger partial charge in [0.2, 0.25) is 0 Å². The minimum atomic E-state index is -2.06. The van der Waals surface area contributed by atoms with E-state index in [1.54, 1.807) is 39.8 Å². The van der Waals surface area contributed by atoms with Crippen molar-refractivity contribution in [1.29, 1.82) is 0 Å². The summed E-state index contributed by atoms with van der Waals surface area (Å²) in [6.07, 6.45) is 5.83. The molecule has 5 rings (SSSR count). The Kier molecular flexibility index (Phi) is 13.6. The monoisotopic (exact) mass is 780 g/mol. The highest BCUT2D eigenvalue weighted by Crippen LogP contribution is 2.55. The second kappa shape index (κ2) is 17.6. The summed E-state index contributed by atoms with van der Waals surface area (Å²) in [7, 11) is 1.42. The summed E-state index contributed by atoms with van der Waals surface area (Å²) in [6.45, 7) is 15.9. The Bertz CT molecular complexity index is 1990. The molecular formula is C41H52N2O13. The van der Waals surface area contributed by atoms with Crippen molar-refractivity contribution in [3.8, 4) is 23.0 Å². The van der Waals surface area contributed by atoms with E-state index in [4.69, 9.17) is 23.8 Å². The van der Waals surface area contributed by atoms with Gasteiger partial charge in [-0.05, 0) is 19.9 Å². The number of Topliss-reactive ketones (excluding diaryl/α,β-unsaturated/α-hetero) is 1. The standard InChI is InChI=1S/C41H52N2O13/c1-11-16-54-42-18-26-31-36(49)29-28(35(26)48)30-38(24(7)34(29)47)56-41(9,39(30)50)53-17-15-27(52-10)21(4)37(55-25(8)44)23(6)33(46)22(5)32(45)19(2)13-12-14-20(3)40(51)43-31/h11-15,17-19,21-23,27,32-33,37,45-49H,1,16H2,2-10H3,(H,43,51)/b13-12+,17-15+,20-14-,42-18+/t19-,21+,22+,23+,27-,32-,33+,37+,41-/m0/s1. The molecule has 0 saturated carbocycles. The molecule has 0 aromatic heterocycles. The van der Waals surface area contributed by atoms with Crippen LogP contribution in [0.2, 0.25) is 0 Å². The first-order valence-corrected chi connectivity index (χ1v) is 18.2. The van der Waals surface area contributed by atoms with Gasteiger partial charge in [-0.2, -0.15) is 0 Å². The summed E-state index contributed by atoms with van der Waals surface area (Å²) < 4.78 is 23.4.